The molecule has 2 N–H and O–H groups in total. The summed E-state index contributed by atoms with van der Waals surface area (Å²) >= 11 is 0. The first-order valence-electron chi connectivity index (χ1n) is 5.85. The number of anilines is 1. The van der Waals surface area contributed by atoms with Crippen molar-refractivity contribution in [2.75, 3.05) is 31.6 Å². The first kappa shape index (κ1) is 11.9. The molecule has 1 amide bonds. The lowest BCUT2D eigenvalue weighted by atomic mass is 10.2. The Hall–Kier alpha value is -1.62. The summed E-state index contributed by atoms with van der Waals surface area (Å²) in [4.78, 5) is 17.7. The van der Waals surface area contributed by atoms with E-state index in [9.17, 15) is 4.79 Å². The number of rotatable bonds is 3. The van der Waals surface area contributed by atoms with E-state index in [0.717, 1.165) is 17.9 Å². The highest BCUT2D eigenvalue weighted by atomic mass is 16.2. The van der Waals surface area contributed by atoms with E-state index in [-0.39, 0.29) is 11.9 Å². The number of nitrogens with zero attached hydrogens (tertiary/aromatic N) is 2. The van der Waals surface area contributed by atoms with Crippen LogP contribution in [-0.2, 0) is 4.79 Å². The first-order valence-corrected chi connectivity index (χ1v) is 5.85. The fraction of sp³-hybridized carbons (Fsp3) is 0.500. The second-order valence-corrected chi connectivity index (χ2v) is 4.22. The quantitative estimate of drug-likeness (QED) is 0.789. The highest BCUT2D eigenvalue weighted by Gasteiger charge is 2.16. The van der Waals surface area contributed by atoms with Crippen molar-refractivity contribution in [2.45, 2.75) is 13.0 Å². The number of carbonyl (C=O) groups excluding carboxylic acids is 1. The molecule has 1 aromatic rings. The minimum absolute atomic E-state index is 0.0731. The Morgan fingerprint density at radius 1 is 1.53 bits per heavy atom. The summed E-state index contributed by atoms with van der Waals surface area (Å²) in [6.45, 7) is 4.03. The molecule has 1 fully saturated rings. The lowest BCUT2D eigenvalue weighted by Gasteiger charge is -2.28. The van der Waals surface area contributed by atoms with Gasteiger partial charge in [0.1, 0.15) is 0 Å². The normalized spacial score (nSPS) is 17.8. The van der Waals surface area contributed by atoms with Gasteiger partial charge in [0.05, 0.1) is 24.1 Å². The average Bonchev–Trinajstić information content (AvgIpc) is 2.38. The molecule has 2 heterocycles. The number of amides is 1. The van der Waals surface area contributed by atoms with Crippen molar-refractivity contribution in [3.05, 3.63) is 24.0 Å². The van der Waals surface area contributed by atoms with Crippen molar-refractivity contribution in [3.8, 4) is 0 Å². The van der Waals surface area contributed by atoms with Crippen molar-refractivity contribution in [2.24, 2.45) is 0 Å². The van der Waals surface area contributed by atoms with Crippen molar-refractivity contribution in [1.82, 2.24) is 15.6 Å². The number of carbonyl (C=O) groups is 1. The third-order valence-electron chi connectivity index (χ3n) is 3.05. The van der Waals surface area contributed by atoms with Crippen molar-refractivity contribution in [3.63, 3.8) is 0 Å². The summed E-state index contributed by atoms with van der Waals surface area (Å²) in [5.74, 6) is 0.0731. The molecule has 5 heteroatoms. The van der Waals surface area contributed by atoms with Crippen LogP contribution in [0, 0.1) is 0 Å². The van der Waals surface area contributed by atoms with E-state index in [1.54, 1.807) is 0 Å². The van der Waals surface area contributed by atoms with Gasteiger partial charge in [-0.3, -0.25) is 9.78 Å². The fourth-order valence-corrected chi connectivity index (χ4v) is 1.85. The highest BCUT2D eigenvalue weighted by molar-refractivity contribution is 5.82. The molecule has 0 aromatic carbocycles. The molecular weight excluding hydrogens is 216 g/mol. The lowest BCUT2D eigenvalue weighted by Crippen LogP contribution is -2.47. The van der Waals surface area contributed by atoms with Crippen molar-refractivity contribution < 1.29 is 4.79 Å². The number of piperazine rings is 1. The van der Waals surface area contributed by atoms with E-state index in [0.29, 0.717) is 13.1 Å². The van der Waals surface area contributed by atoms with Gasteiger partial charge in [0.2, 0.25) is 5.91 Å². The van der Waals surface area contributed by atoms with Crippen LogP contribution in [-0.4, -0.2) is 37.6 Å². The average molecular weight is 234 g/mol. The van der Waals surface area contributed by atoms with Gasteiger partial charge < -0.3 is 15.5 Å². The zero-order chi connectivity index (χ0) is 12.3. The van der Waals surface area contributed by atoms with Crippen LogP contribution in [0.5, 0.6) is 0 Å². The molecule has 1 aliphatic rings. The molecule has 0 saturated carbocycles. The smallest absolute Gasteiger partial charge is 0.239 e. The molecule has 1 aromatic heterocycles. The highest BCUT2D eigenvalue weighted by Crippen LogP contribution is 2.16. The molecule has 17 heavy (non-hydrogen) atoms. The van der Waals surface area contributed by atoms with Crippen LogP contribution >= 0.6 is 0 Å². The Bertz CT molecular complexity index is 390. The van der Waals surface area contributed by atoms with Crippen molar-refractivity contribution >= 4 is 11.6 Å². The van der Waals surface area contributed by atoms with Gasteiger partial charge >= 0.3 is 0 Å². The summed E-state index contributed by atoms with van der Waals surface area (Å²) in [5, 5.41) is 5.96. The minimum Gasteiger partial charge on any atom is -0.359 e. The molecule has 1 unspecified atom stereocenters. The van der Waals surface area contributed by atoms with Crippen LogP contribution in [0.4, 0.5) is 5.69 Å². The van der Waals surface area contributed by atoms with Crippen LogP contribution in [0.1, 0.15) is 18.7 Å². The van der Waals surface area contributed by atoms with Gasteiger partial charge in [0.15, 0.2) is 0 Å². The Balaban J connectivity index is 2.09. The number of aromatic nitrogens is 1. The lowest BCUT2D eigenvalue weighted by molar-refractivity contribution is -0.120. The fourth-order valence-electron chi connectivity index (χ4n) is 1.85. The van der Waals surface area contributed by atoms with E-state index >= 15 is 0 Å². The second kappa shape index (κ2) is 5.14. The third-order valence-corrected chi connectivity index (χ3v) is 3.05. The summed E-state index contributed by atoms with van der Waals surface area (Å²) in [6, 6.07) is 4.27. The zero-order valence-corrected chi connectivity index (χ0v) is 10.2. The molecular formula is C12H18N4O. The molecule has 1 saturated heterocycles. The minimum atomic E-state index is 0.0731. The summed E-state index contributed by atoms with van der Waals surface area (Å²) in [5.41, 5.74) is 2.02. The van der Waals surface area contributed by atoms with Gasteiger partial charge in [0, 0.05) is 19.1 Å². The Morgan fingerprint density at radius 2 is 2.35 bits per heavy atom. The maximum absolute atomic E-state index is 11.3. The third kappa shape index (κ3) is 2.74. The maximum atomic E-state index is 11.3. The van der Waals surface area contributed by atoms with Gasteiger partial charge in [-0.25, -0.2) is 0 Å². The predicted molar refractivity (Wildman–Crippen MR) is 66.9 cm³/mol. The molecule has 0 radical (unpaired) electrons. The maximum Gasteiger partial charge on any atom is 0.239 e. The van der Waals surface area contributed by atoms with E-state index in [1.165, 1.54) is 0 Å². The van der Waals surface area contributed by atoms with Gasteiger partial charge in [-0.15, -0.1) is 0 Å². The van der Waals surface area contributed by atoms with Crippen LogP contribution in [0.15, 0.2) is 18.3 Å². The largest absolute Gasteiger partial charge is 0.359 e. The molecule has 5 nitrogen and oxygen atoms in total. The van der Waals surface area contributed by atoms with Crippen LogP contribution in [0.25, 0.3) is 0 Å². The monoisotopic (exact) mass is 234 g/mol. The number of nitrogens with one attached hydrogen (secondary N) is 2. The van der Waals surface area contributed by atoms with Gasteiger partial charge in [-0.1, -0.05) is 0 Å². The van der Waals surface area contributed by atoms with E-state index in [1.807, 2.05) is 30.3 Å². The standard InChI is InChI=1S/C12H18N4O/c1-9(13-2)11-4-3-10(7-15-11)16-6-5-14-12(17)8-16/h3-4,7,9,13H,5-6,8H2,1-2H3,(H,14,17). The van der Waals surface area contributed by atoms with E-state index < -0.39 is 0 Å². The van der Waals surface area contributed by atoms with E-state index in [4.69, 9.17) is 0 Å². The summed E-state index contributed by atoms with van der Waals surface area (Å²) in [6.07, 6.45) is 1.84. The van der Waals surface area contributed by atoms with Crippen LogP contribution < -0.4 is 15.5 Å². The van der Waals surface area contributed by atoms with Gasteiger partial charge in [0.25, 0.3) is 0 Å². The zero-order valence-electron chi connectivity index (χ0n) is 10.2. The number of hydrogen-bond acceptors (Lipinski definition) is 4. The Kier molecular flexibility index (Phi) is 3.58. The number of hydrogen-bond donors (Lipinski definition) is 2. The molecule has 1 aliphatic heterocycles. The molecule has 0 aliphatic carbocycles. The molecule has 0 spiro atoms. The number of pyridine rings is 1. The van der Waals surface area contributed by atoms with Gasteiger partial charge in [-0.05, 0) is 26.1 Å². The van der Waals surface area contributed by atoms with E-state index in [2.05, 4.69) is 22.5 Å². The predicted octanol–water partition coefficient (Wildman–Crippen LogP) is 0.298. The van der Waals surface area contributed by atoms with Crippen LogP contribution in [0.3, 0.4) is 0 Å². The first-order chi connectivity index (χ1) is 8.20. The summed E-state index contributed by atoms with van der Waals surface area (Å²) in [7, 11) is 1.91. The van der Waals surface area contributed by atoms with Crippen LogP contribution in [0.2, 0.25) is 0 Å². The van der Waals surface area contributed by atoms with Crippen molar-refractivity contribution in [1.29, 1.82) is 0 Å². The molecule has 1 atom stereocenters. The Morgan fingerprint density at radius 3 is 2.94 bits per heavy atom. The second-order valence-electron chi connectivity index (χ2n) is 4.22. The molecule has 92 valence electrons. The topological polar surface area (TPSA) is 57.3 Å². The summed E-state index contributed by atoms with van der Waals surface area (Å²) < 4.78 is 0. The molecule has 0 bridgehead atoms. The van der Waals surface area contributed by atoms with Gasteiger partial charge in [-0.2, -0.15) is 0 Å². The molecule has 2 rings (SSSR count). The SMILES string of the molecule is CNC(C)c1ccc(N2CCNC(=O)C2)cn1. The Labute approximate surface area is 101 Å².